The van der Waals surface area contributed by atoms with Gasteiger partial charge in [0.15, 0.2) is 0 Å². The van der Waals surface area contributed by atoms with Crippen molar-refractivity contribution in [1.29, 1.82) is 0 Å². The fourth-order valence-electron chi connectivity index (χ4n) is 3.13. The molecule has 0 aliphatic rings. The van der Waals surface area contributed by atoms with Crippen molar-refractivity contribution in [2.24, 2.45) is 11.1 Å². The number of amides is 5. The van der Waals surface area contributed by atoms with Gasteiger partial charge in [-0.15, -0.1) is 11.3 Å². The first-order valence-electron chi connectivity index (χ1n) is 12.1. The molecule has 0 radical (unpaired) electrons. The van der Waals surface area contributed by atoms with Crippen molar-refractivity contribution in [1.82, 2.24) is 21.3 Å². The molecule has 1 unspecified atom stereocenters. The number of carbonyl (C=O) groups excluding carboxylic acids is 4. The molecule has 0 aliphatic heterocycles. The topological polar surface area (TPSA) is 226 Å². The first-order chi connectivity index (χ1) is 18.7. The fraction of sp³-hybridized carbons (Fsp3) is 0.375. The van der Waals surface area contributed by atoms with Gasteiger partial charge in [0.25, 0.3) is 5.91 Å². The molecular formula is C24H32N6O8S2. The molecule has 2 aromatic rings. The van der Waals surface area contributed by atoms with Gasteiger partial charge in [0.05, 0.1) is 22.0 Å². The largest absolute Gasteiger partial charge is 0.481 e. The maximum atomic E-state index is 12.4. The Bertz CT molecular complexity index is 1330. The summed E-state index contributed by atoms with van der Waals surface area (Å²) in [6, 6.07) is 5.45. The van der Waals surface area contributed by atoms with Crippen LogP contribution < -0.4 is 31.7 Å². The monoisotopic (exact) mass is 596 g/mol. The lowest BCUT2D eigenvalue weighted by Gasteiger charge is -2.18. The molecule has 14 nitrogen and oxygen atoms in total. The normalized spacial score (nSPS) is 11.8. The summed E-state index contributed by atoms with van der Waals surface area (Å²) < 4.78 is 22.6. The van der Waals surface area contributed by atoms with Crippen LogP contribution in [0.3, 0.4) is 0 Å². The van der Waals surface area contributed by atoms with Gasteiger partial charge in [0, 0.05) is 24.9 Å². The Labute approximate surface area is 235 Å². The number of urea groups is 1. The Kier molecular flexibility index (Phi) is 12.0. The smallest absolute Gasteiger partial charge is 0.320 e. The number of thiophene rings is 1. The van der Waals surface area contributed by atoms with Gasteiger partial charge < -0.3 is 26.4 Å². The van der Waals surface area contributed by atoms with Crippen LogP contribution in [-0.2, 0) is 31.0 Å². The summed E-state index contributed by atoms with van der Waals surface area (Å²) in [5.74, 6) is -2.73. The van der Waals surface area contributed by atoms with E-state index in [1.54, 1.807) is 0 Å². The van der Waals surface area contributed by atoms with Crippen LogP contribution in [0.2, 0.25) is 0 Å². The van der Waals surface area contributed by atoms with E-state index in [0.717, 1.165) is 11.3 Å². The summed E-state index contributed by atoms with van der Waals surface area (Å²) in [6.07, 6.45) is -0.433. The number of nitrogens with two attached hydrogens (primary N) is 1. The Morgan fingerprint density at radius 3 is 2.30 bits per heavy atom. The zero-order chi connectivity index (χ0) is 29.9. The number of primary sulfonamides is 1. The van der Waals surface area contributed by atoms with Gasteiger partial charge in [-0.3, -0.25) is 24.5 Å². The van der Waals surface area contributed by atoms with Gasteiger partial charge in [-0.2, -0.15) is 0 Å². The van der Waals surface area contributed by atoms with E-state index < -0.39 is 52.3 Å². The van der Waals surface area contributed by atoms with Crippen LogP contribution in [-0.4, -0.2) is 62.4 Å². The molecule has 0 saturated carbocycles. The van der Waals surface area contributed by atoms with Gasteiger partial charge in [-0.05, 0) is 36.1 Å². The number of aliphatic carboxylic acids is 1. The van der Waals surface area contributed by atoms with E-state index >= 15 is 0 Å². The fourth-order valence-corrected chi connectivity index (χ4v) is 4.42. The van der Waals surface area contributed by atoms with E-state index in [-0.39, 0.29) is 35.8 Å². The molecule has 1 aromatic heterocycles. The van der Waals surface area contributed by atoms with Crippen LogP contribution in [0.25, 0.3) is 0 Å². The third-order valence-electron chi connectivity index (χ3n) is 5.20. The molecule has 5 amide bonds. The number of nitrogens with one attached hydrogen (secondary N) is 5. The number of carbonyl (C=O) groups is 5. The van der Waals surface area contributed by atoms with E-state index in [9.17, 15) is 32.4 Å². The molecule has 1 heterocycles. The molecule has 1 atom stereocenters. The summed E-state index contributed by atoms with van der Waals surface area (Å²) in [5, 5.41) is 28.5. The lowest BCUT2D eigenvalue weighted by Crippen LogP contribution is -2.50. The number of carboxylic acids is 1. The number of sulfonamides is 1. The van der Waals surface area contributed by atoms with Crippen molar-refractivity contribution in [2.45, 2.75) is 44.2 Å². The summed E-state index contributed by atoms with van der Waals surface area (Å²) in [5.41, 5.74) is 0.818. The second kappa shape index (κ2) is 14.9. The van der Waals surface area contributed by atoms with Crippen molar-refractivity contribution in [3.63, 3.8) is 0 Å². The molecule has 0 bridgehead atoms. The van der Waals surface area contributed by atoms with E-state index in [4.69, 9.17) is 10.2 Å². The predicted molar refractivity (Wildman–Crippen MR) is 147 cm³/mol. The standard InChI is InChI=1S/C24H32N6O8S2/c1-14(2)10-26-23(35)18(7-8-21(32)33)29-19(31)12-27-22(34)16-9-20(39-13-16)30-24(36)28-11-15-3-5-17(6-4-15)40(25,37)38/h3-6,9,13-14,18H,7-8,10-12H2,1-2H3,(H,26,35)(H,27,34)(H,29,31)(H,32,33)(H2,25,37,38)(H2,28,30,36). The van der Waals surface area contributed by atoms with Gasteiger partial charge in [0.1, 0.15) is 6.04 Å². The van der Waals surface area contributed by atoms with Crippen LogP contribution in [0.1, 0.15) is 42.6 Å². The highest BCUT2D eigenvalue weighted by atomic mass is 32.2. The molecule has 2 rings (SSSR count). The number of carboxylic acid groups (broad SMARTS) is 1. The van der Waals surface area contributed by atoms with Crippen LogP contribution in [0.5, 0.6) is 0 Å². The molecule has 40 heavy (non-hydrogen) atoms. The number of hydrogen-bond acceptors (Lipinski definition) is 8. The van der Waals surface area contributed by atoms with E-state index in [2.05, 4.69) is 26.6 Å². The number of rotatable bonds is 14. The number of benzene rings is 1. The lowest BCUT2D eigenvalue weighted by atomic mass is 10.1. The summed E-state index contributed by atoms with van der Waals surface area (Å²) in [7, 11) is -3.81. The van der Waals surface area contributed by atoms with Crippen LogP contribution >= 0.6 is 11.3 Å². The Morgan fingerprint density at radius 1 is 1.02 bits per heavy atom. The van der Waals surface area contributed by atoms with Crippen LogP contribution in [0.15, 0.2) is 40.6 Å². The average Bonchev–Trinajstić information content (AvgIpc) is 3.35. The quantitative estimate of drug-likeness (QED) is 0.163. The molecule has 1 aromatic carbocycles. The van der Waals surface area contributed by atoms with Crippen molar-refractivity contribution >= 4 is 56.1 Å². The van der Waals surface area contributed by atoms with Crippen LogP contribution in [0, 0.1) is 5.92 Å². The van der Waals surface area contributed by atoms with Gasteiger partial charge in [-0.25, -0.2) is 18.4 Å². The first kappa shape index (κ1) is 32.2. The highest BCUT2D eigenvalue weighted by molar-refractivity contribution is 7.89. The Morgan fingerprint density at radius 2 is 1.70 bits per heavy atom. The average molecular weight is 597 g/mol. The van der Waals surface area contributed by atoms with Crippen molar-refractivity contribution in [2.75, 3.05) is 18.4 Å². The zero-order valence-electron chi connectivity index (χ0n) is 21.9. The molecular weight excluding hydrogens is 564 g/mol. The van der Waals surface area contributed by atoms with Crippen LogP contribution in [0.4, 0.5) is 9.80 Å². The lowest BCUT2D eigenvalue weighted by molar-refractivity contribution is -0.137. The van der Waals surface area contributed by atoms with Crippen molar-refractivity contribution in [3.05, 3.63) is 46.8 Å². The maximum Gasteiger partial charge on any atom is 0.320 e. The molecule has 0 aliphatic carbocycles. The molecule has 218 valence electrons. The molecule has 0 fully saturated rings. The minimum Gasteiger partial charge on any atom is -0.481 e. The second-order valence-corrected chi connectivity index (χ2v) is 11.5. The van der Waals surface area contributed by atoms with Gasteiger partial charge in [-0.1, -0.05) is 26.0 Å². The second-order valence-electron chi connectivity index (χ2n) is 9.07. The number of hydrogen-bond donors (Lipinski definition) is 7. The zero-order valence-corrected chi connectivity index (χ0v) is 23.5. The minimum atomic E-state index is -3.81. The molecule has 0 saturated heterocycles. The van der Waals surface area contributed by atoms with Gasteiger partial charge in [0.2, 0.25) is 21.8 Å². The maximum absolute atomic E-state index is 12.4. The minimum absolute atomic E-state index is 0.0484. The van der Waals surface area contributed by atoms with Crippen molar-refractivity contribution < 1.29 is 37.5 Å². The first-order valence-corrected chi connectivity index (χ1v) is 14.5. The highest BCUT2D eigenvalue weighted by Gasteiger charge is 2.22. The Hall–Kier alpha value is -4.02. The highest BCUT2D eigenvalue weighted by Crippen LogP contribution is 2.20. The van der Waals surface area contributed by atoms with E-state index in [0.29, 0.717) is 17.1 Å². The SMILES string of the molecule is CC(C)CNC(=O)C(CCC(=O)O)NC(=O)CNC(=O)c1csc(NC(=O)NCc2ccc(S(N)(=O)=O)cc2)c1. The summed E-state index contributed by atoms with van der Waals surface area (Å²) in [4.78, 5) is 60.2. The Balaban J connectivity index is 1.83. The molecule has 8 N–H and O–H groups in total. The predicted octanol–water partition coefficient (Wildman–Crippen LogP) is 0.569. The third kappa shape index (κ3) is 11.4. The van der Waals surface area contributed by atoms with E-state index in [1.165, 1.54) is 35.7 Å². The molecule has 16 heteroatoms. The summed E-state index contributed by atoms with van der Waals surface area (Å²) >= 11 is 1.08. The third-order valence-corrected chi connectivity index (χ3v) is 6.97. The molecule has 0 spiro atoms. The summed E-state index contributed by atoms with van der Waals surface area (Å²) in [6.45, 7) is 3.78. The van der Waals surface area contributed by atoms with Crippen molar-refractivity contribution in [3.8, 4) is 0 Å². The van der Waals surface area contributed by atoms with E-state index in [1.807, 2.05) is 13.8 Å². The number of anilines is 1. The van der Waals surface area contributed by atoms with Gasteiger partial charge >= 0.3 is 12.0 Å².